The van der Waals surface area contributed by atoms with E-state index in [-0.39, 0.29) is 5.91 Å². The second-order valence-corrected chi connectivity index (χ2v) is 8.82. The van der Waals surface area contributed by atoms with Gasteiger partial charge >= 0.3 is 0 Å². The van der Waals surface area contributed by atoms with Crippen LogP contribution in [0, 0.1) is 0 Å². The highest BCUT2D eigenvalue weighted by Gasteiger charge is 2.16. The number of carbonyl (C=O) groups is 1. The molecule has 0 bridgehead atoms. The molecule has 9 nitrogen and oxygen atoms in total. The fourth-order valence-electron chi connectivity index (χ4n) is 4.55. The van der Waals surface area contributed by atoms with Crippen LogP contribution in [0.4, 0.5) is 5.69 Å². The van der Waals surface area contributed by atoms with Gasteiger partial charge in [-0.25, -0.2) is 4.98 Å². The highest BCUT2D eigenvalue weighted by Crippen LogP contribution is 2.34. The summed E-state index contributed by atoms with van der Waals surface area (Å²) in [5.74, 6) is -0.196. The van der Waals surface area contributed by atoms with Gasteiger partial charge in [-0.3, -0.25) is 19.9 Å². The third-order valence-electron chi connectivity index (χ3n) is 6.41. The monoisotopic (exact) mass is 497 g/mol. The van der Waals surface area contributed by atoms with Crippen molar-refractivity contribution in [2.24, 2.45) is 0 Å². The van der Waals surface area contributed by atoms with Gasteiger partial charge in [0.15, 0.2) is 5.65 Å². The van der Waals surface area contributed by atoms with Crippen molar-refractivity contribution in [3.63, 3.8) is 0 Å². The Morgan fingerprint density at radius 2 is 1.71 bits per heavy atom. The molecule has 0 fully saturated rings. The SMILES string of the molecule is O=C(Nc1cncc(-c2cnc3[nH]nc(-c4cc5c(-c6ccoc6)cncc5[nH]4)c3c2)c1)c1ccccc1. The third kappa shape index (κ3) is 3.79. The summed E-state index contributed by atoms with van der Waals surface area (Å²) < 4.78 is 5.27. The van der Waals surface area contributed by atoms with Gasteiger partial charge < -0.3 is 14.7 Å². The van der Waals surface area contributed by atoms with Gasteiger partial charge in [0.25, 0.3) is 5.91 Å². The van der Waals surface area contributed by atoms with Crippen molar-refractivity contribution >= 4 is 33.5 Å². The molecule has 0 atom stereocenters. The van der Waals surface area contributed by atoms with E-state index < -0.39 is 0 Å². The van der Waals surface area contributed by atoms with E-state index >= 15 is 0 Å². The number of nitrogens with zero attached hydrogens (tertiary/aromatic N) is 4. The first-order chi connectivity index (χ1) is 18.7. The van der Waals surface area contributed by atoms with E-state index in [9.17, 15) is 4.79 Å². The number of pyridine rings is 3. The molecule has 3 N–H and O–H groups in total. The first kappa shape index (κ1) is 21.7. The molecular weight excluding hydrogens is 478 g/mol. The van der Waals surface area contributed by atoms with Crippen LogP contribution < -0.4 is 5.32 Å². The fraction of sp³-hybridized carbons (Fsp3) is 0. The molecule has 9 heteroatoms. The minimum Gasteiger partial charge on any atom is -0.472 e. The summed E-state index contributed by atoms with van der Waals surface area (Å²) >= 11 is 0. The average Bonchev–Trinajstić information content (AvgIpc) is 3.73. The van der Waals surface area contributed by atoms with Gasteiger partial charge in [-0.15, -0.1) is 0 Å². The third-order valence-corrected chi connectivity index (χ3v) is 6.41. The molecule has 182 valence electrons. The number of rotatable bonds is 5. The summed E-state index contributed by atoms with van der Waals surface area (Å²) in [6, 6.07) is 16.9. The number of amides is 1. The van der Waals surface area contributed by atoms with Crippen molar-refractivity contribution in [3.05, 3.63) is 104 Å². The van der Waals surface area contributed by atoms with Crippen molar-refractivity contribution in [1.82, 2.24) is 30.1 Å². The number of H-pyrrole nitrogens is 2. The predicted molar refractivity (Wildman–Crippen MR) is 144 cm³/mol. The largest absolute Gasteiger partial charge is 0.472 e. The van der Waals surface area contributed by atoms with E-state index in [0.29, 0.717) is 16.9 Å². The lowest BCUT2D eigenvalue weighted by Gasteiger charge is -2.07. The molecule has 38 heavy (non-hydrogen) atoms. The van der Waals surface area contributed by atoms with Gasteiger partial charge in [0.05, 0.1) is 41.8 Å². The van der Waals surface area contributed by atoms with Crippen LogP contribution in [-0.2, 0) is 0 Å². The Kier molecular flexibility index (Phi) is 5.04. The van der Waals surface area contributed by atoms with Crippen LogP contribution in [0.5, 0.6) is 0 Å². The normalized spacial score (nSPS) is 11.3. The van der Waals surface area contributed by atoms with Gasteiger partial charge in [0, 0.05) is 57.2 Å². The summed E-state index contributed by atoms with van der Waals surface area (Å²) in [6.45, 7) is 0. The maximum absolute atomic E-state index is 12.6. The molecule has 0 spiro atoms. The number of fused-ring (bicyclic) bond motifs is 2. The highest BCUT2D eigenvalue weighted by molar-refractivity contribution is 6.04. The zero-order valence-electron chi connectivity index (χ0n) is 19.8. The second kappa shape index (κ2) is 8.82. The minimum absolute atomic E-state index is 0.196. The van der Waals surface area contributed by atoms with Gasteiger partial charge in [-0.1, -0.05) is 18.2 Å². The van der Waals surface area contributed by atoms with Gasteiger partial charge in [-0.05, 0) is 36.4 Å². The lowest BCUT2D eigenvalue weighted by Crippen LogP contribution is -2.11. The van der Waals surface area contributed by atoms with Crippen LogP contribution in [0.1, 0.15) is 10.4 Å². The van der Waals surface area contributed by atoms with Crippen molar-refractivity contribution < 1.29 is 9.21 Å². The van der Waals surface area contributed by atoms with Gasteiger partial charge in [0.1, 0.15) is 5.69 Å². The Morgan fingerprint density at radius 3 is 2.58 bits per heavy atom. The summed E-state index contributed by atoms with van der Waals surface area (Å²) in [7, 11) is 0. The number of furan rings is 1. The highest BCUT2D eigenvalue weighted by atomic mass is 16.3. The number of nitrogens with one attached hydrogen (secondary N) is 3. The zero-order chi connectivity index (χ0) is 25.5. The standard InChI is InChI=1S/C29H19N7O2/c37-29(17-4-2-1-3-5-17)33-21-8-19(11-30-13-21)20-9-23-27(35-36-28(23)32-12-20)25-10-22-24(18-6-7-38-16-18)14-31-15-26(22)34-25/h1-16,34H,(H,33,37)(H,32,35,36). The van der Waals surface area contributed by atoms with E-state index in [4.69, 9.17) is 4.42 Å². The summed E-state index contributed by atoms with van der Waals surface area (Å²) in [6.07, 6.45) is 12.1. The van der Waals surface area contributed by atoms with E-state index in [2.05, 4.69) is 41.5 Å². The van der Waals surface area contributed by atoms with E-state index in [1.165, 1.54) is 0 Å². The molecule has 7 aromatic rings. The molecule has 0 radical (unpaired) electrons. The number of hydrogen-bond acceptors (Lipinski definition) is 6. The Labute approximate surface area is 215 Å². The zero-order valence-corrected chi connectivity index (χ0v) is 19.8. The van der Waals surface area contributed by atoms with Crippen molar-refractivity contribution in [2.75, 3.05) is 5.32 Å². The smallest absolute Gasteiger partial charge is 0.255 e. The molecule has 0 saturated carbocycles. The minimum atomic E-state index is -0.196. The number of aromatic nitrogens is 6. The van der Waals surface area contributed by atoms with E-state index in [1.54, 1.807) is 49.4 Å². The molecule has 0 aliphatic heterocycles. The number of anilines is 1. The number of benzene rings is 1. The first-order valence-electron chi connectivity index (χ1n) is 11.9. The molecule has 6 aromatic heterocycles. The predicted octanol–water partition coefficient (Wildman–Crippen LogP) is 6.08. The lowest BCUT2D eigenvalue weighted by atomic mass is 10.1. The van der Waals surface area contributed by atoms with Crippen LogP contribution in [0.2, 0.25) is 0 Å². The van der Waals surface area contributed by atoms with E-state index in [0.717, 1.165) is 49.9 Å². The molecule has 1 amide bonds. The Morgan fingerprint density at radius 1 is 0.842 bits per heavy atom. The topological polar surface area (TPSA) is 125 Å². The molecule has 0 saturated heterocycles. The summed E-state index contributed by atoms with van der Waals surface area (Å²) in [5.41, 5.74) is 7.90. The van der Waals surface area contributed by atoms with Crippen molar-refractivity contribution in [3.8, 4) is 33.6 Å². The van der Waals surface area contributed by atoms with Crippen LogP contribution in [0.25, 0.3) is 55.6 Å². The molecular formula is C29H19N7O2. The number of hydrogen-bond donors (Lipinski definition) is 3. The Hall–Kier alpha value is -5.57. The molecule has 0 unspecified atom stereocenters. The first-order valence-corrected chi connectivity index (χ1v) is 11.9. The fourth-order valence-corrected chi connectivity index (χ4v) is 4.55. The van der Waals surface area contributed by atoms with E-state index in [1.807, 2.05) is 42.6 Å². The summed E-state index contributed by atoms with van der Waals surface area (Å²) in [5, 5.41) is 12.4. The number of carbonyl (C=O) groups excluding carboxylic acids is 1. The molecule has 1 aromatic carbocycles. The number of aromatic amines is 2. The molecule has 7 rings (SSSR count). The van der Waals surface area contributed by atoms with Crippen LogP contribution in [0.3, 0.4) is 0 Å². The Balaban J connectivity index is 1.25. The van der Waals surface area contributed by atoms with Crippen molar-refractivity contribution in [1.29, 1.82) is 0 Å². The summed E-state index contributed by atoms with van der Waals surface area (Å²) in [4.78, 5) is 29.3. The van der Waals surface area contributed by atoms with Crippen molar-refractivity contribution in [2.45, 2.75) is 0 Å². The van der Waals surface area contributed by atoms with Crippen LogP contribution in [0.15, 0.2) is 103 Å². The quantitative estimate of drug-likeness (QED) is 0.265. The lowest BCUT2D eigenvalue weighted by molar-refractivity contribution is 0.102. The van der Waals surface area contributed by atoms with Crippen LogP contribution >= 0.6 is 0 Å². The van der Waals surface area contributed by atoms with Crippen LogP contribution in [-0.4, -0.2) is 36.0 Å². The molecule has 0 aliphatic carbocycles. The van der Waals surface area contributed by atoms with Gasteiger partial charge in [-0.2, -0.15) is 5.10 Å². The molecule has 6 heterocycles. The second-order valence-electron chi connectivity index (χ2n) is 8.82. The maximum Gasteiger partial charge on any atom is 0.255 e. The molecule has 0 aliphatic rings. The maximum atomic E-state index is 12.6. The Bertz CT molecular complexity index is 1920. The average molecular weight is 498 g/mol. The van der Waals surface area contributed by atoms with Gasteiger partial charge in [0.2, 0.25) is 0 Å².